The van der Waals surface area contributed by atoms with Gasteiger partial charge < -0.3 is 0 Å². The molecule has 0 aromatic heterocycles. The second-order valence-corrected chi connectivity index (χ2v) is 10.3. The van der Waals surface area contributed by atoms with Crippen LogP contribution in [0.25, 0.3) is 0 Å². The molecule has 0 saturated heterocycles. The van der Waals surface area contributed by atoms with E-state index < -0.39 is 11.1 Å². The molecule has 0 saturated carbocycles. The molecule has 0 unspecified atom stereocenters. The van der Waals surface area contributed by atoms with Crippen molar-refractivity contribution in [3.05, 3.63) is 0 Å². The summed E-state index contributed by atoms with van der Waals surface area (Å²) in [6, 6.07) is 0. The first-order chi connectivity index (χ1) is 16.1. The third-order valence-corrected chi connectivity index (χ3v) is 7.21. The highest BCUT2D eigenvalue weighted by Crippen LogP contribution is 2.41. The Hall–Kier alpha value is -1.24. The van der Waals surface area contributed by atoms with Gasteiger partial charge in [-0.15, -0.1) is 0 Å². The summed E-state index contributed by atoms with van der Waals surface area (Å²) in [5.74, 6) is 0. The minimum atomic E-state index is -0.445. The van der Waals surface area contributed by atoms with E-state index in [1.807, 2.05) is 12.2 Å². The highest BCUT2D eigenvalue weighted by atomic mass is 16.1. The average Bonchev–Trinajstić information content (AvgIpc) is 2.81. The summed E-state index contributed by atoms with van der Waals surface area (Å²) in [7, 11) is 0. The molecule has 0 aliphatic rings. The second kappa shape index (κ2) is 21.3. The van der Waals surface area contributed by atoms with Crippen LogP contribution >= 0.6 is 0 Å². The molecule has 0 spiro atoms. The maximum Gasteiger partial charge on any atom is 0.235 e. The third kappa shape index (κ3) is 15.3. The van der Waals surface area contributed by atoms with Gasteiger partial charge >= 0.3 is 0 Å². The fraction of sp³-hybridized carbons (Fsp3) is 0.931. The van der Waals surface area contributed by atoms with Gasteiger partial charge in [0.05, 0.1) is 11.1 Å². The summed E-state index contributed by atoms with van der Waals surface area (Å²) >= 11 is 0. The maximum atomic E-state index is 11.6. The molecule has 0 aromatic carbocycles. The third-order valence-electron chi connectivity index (χ3n) is 7.21. The maximum absolute atomic E-state index is 11.6. The highest BCUT2D eigenvalue weighted by molar-refractivity contribution is 5.37. The summed E-state index contributed by atoms with van der Waals surface area (Å²) in [5, 5.41) is 0. The normalized spacial score (nSPS) is 11.8. The standard InChI is InChI=1S/C29H54N2O2/c1-5-9-13-17-21-28(30-26-32,22-18-14-10-6-2)25-29(31-27-33,23-19-15-11-7-3)24-20-16-12-8-4/h5-25H2,1-4H3. The lowest BCUT2D eigenvalue weighted by Crippen LogP contribution is -2.40. The molecule has 192 valence electrons. The molecule has 0 aliphatic carbocycles. The summed E-state index contributed by atoms with van der Waals surface area (Å²) in [5.41, 5.74) is -0.891. The van der Waals surface area contributed by atoms with Gasteiger partial charge in [-0.2, -0.15) is 9.98 Å². The number of rotatable bonds is 24. The number of carbonyl (C=O) groups excluding carboxylic acids is 2. The SMILES string of the molecule is CCCCCCC(CCCCCC)(CC(CCCCCC)(CCCCCC)N=C=O)N=C=O. The molecule has 4 heteroatoms. The fourth-order valence-electron chi connectivity index (χ4n) is 5.24. The van der Waals surface area contributed by atoms with Gasteiger partial charge in [0.2, 0.25) is 12.2 Å². The van der Waals surface area contributed by atoms with Gasteiger partial charge in [0, 0.05) is 0 Å². The van der Waals surface area contributed by atoms with E-state index in [0.29, 0.717) is 6.42 Å². The Bertz CT molecular complexity index is 476. The van der Waals surface area contributed by atoms with Crippen LogP contribution in [0.1, 0.15) is 163 Å². The van der Waals surface area contributed by atoms with Gasteiger partial charge in [-0.3, -0.25) is 0 Å². The van der Waals surface area contributed by atoms with E-state index in [1.54, 1.807) is 0 Å². The van der Waals surface area contributed by atoms with Crippen molar-refractivity contribution in [3.8, 4) is 0 Å². The van der Waals surface area contributed by atoms with E-state index >= 15 is 0 Å². The molecule has 0 fully saturated rings. The van der Waals surface area contributed by atoms with Crippen molar-refractivity contribution in [2.45, 2.75) is 174 Å². The molecular formula is C29H54N2O2. The van der Waals surface area contributed by atoms with Crippen LogP contribution < -0.4 is 0 Å². The molecule has 0 aromatic rings. The predicted molar refractivity (Wildman–Crippen MR) is 141 cm³/mol. The van der Waals surface area contributed by atoms with Crippen molar-refractivity contribution in [3.63, 3.8) is 0 Å². The van der Waals surface area contributed by atoms with E-state index in [4.69, 9.17) is 0 Å². The monoisotopic (exact) mass is 462 g/mol. The minimum Gasteiger partial charge on any atom is -0.211 e. The summed E-state index contributed by atoms with van der Waals surface area (Å²) in [6.45, 7) is 8.88. The summed E-state index contributed by atoms with van der Waals surface area (Å²) in [6.07, 6.45) is 26.7. The molecule has 0 atom stereocenters. The zero-order valence-electron chi connectivity index (χ0n) is 22.6. The van der Waals surface area contributed by atoms with Crippen LogP contribution in [-0.4, -0.2) is 23.2 Å². The van der Waals surface area contributed by atoms with E-state index in [0.717, 1.165) is 51.4 Å². The quantitative estimate of drug-likeness (QED) is 0.0814. The Balaban J connectivity index is 5.83. The highest BCUT2D eigenvalue weighted by Gasteiger charge is 2.40. The van der Waals surface area contributed by atoms with Gasteiger partial charge in [0.1, 0.15) is 0 Å². The smallest absolute Gasteiger partial charge is 0.211 e. The van der Waals surface area contributed by atoms with Crippen LogP contribution in [0.2, 0.25) is 0 Å². The predicted octanol–water partition coefficient (Wildman–Crippen LogP) is 9.41. The first-order valence-electron chi connectivity index (χ1n) is 14.3. The number of nitrogens with zero attached hydrogens (tertiary/aromatic N) is 2. The van der Waals surface area contributed by atoms with E-state index in [9.17, 15) is 9.59 Å². The molecular weight excluding hydrogens is 408 g/mol. The van der Waals surface area contributed by atoms with E-state index in [2.05, 4.69) is 37.7 Å². The van der Waals surface area contributed by atoms with Gasteiger partial charge in [0.15, 0.2) is 0 Å². The average molecular weight is 463 g/mol. The minimum absolute atomic E-state index is 0.445. The van der Waals surface area contributed by atoms with Crippen molar-refractivity contribution in [2.75, 3.05) is 0 Å². The van der Waals surface area contributed by atoms with E-state index in [-0.39, 0.29) is 0 Å². The van der Waals surface area contributed by atoms with Crippen LogP contribution in [0.15, 0.2) is 9.98 Å². The number of aliphatic imine (C=N–C) groups is 2. The van der Waals surface area contributed by atoms with Crippen LogP contribution in [0.4, 0.5) is 0 Å². The first-order valence-corrected chi connectivity index (χ1v) is 14.3. The topological polar surface area (TPSA) is 58.9 Å². The number of hydrogen-bond donors (Lipinski definition) is 0. The number of unbranched alkanes of at least 4 members (excludes halogenated alkanes) is 12. The van der Waals surface area contributed by atoms with Crippen molar-refractivity contribution in [2.24, 2.45) is 9.98 Å². The number of isocyanates is 2. The largest absolute Gasteiger partial charge is 0.235 e. The Labute approximate surface area is 205 Å². The van der Waals surface area contributed by atoms with Gasteiger partial charge in [-0.1, -0.05) is 130 Å². The number of hydrogen-bond acceptors (Lipinski definition) is 4. The fourth-order valence-corrected chi connectivity index (χ4v) is 5.24. The molecule has 0 amide bonds. The second-order valence-electron chi connectivity index (χ2n) is 10.3. The van der Waals surface area contributed by atoms with Gasteiger partial charge in [-0.25, -0.2) is 9.59 Å². The van der Waals surface area contributed by atoms with Crippen molar-refractivity contribution >= 4 is 12.2 Å². The molecule has 0 radical (unpaired) electrons. The molecule has 33 heavy (non-hydrogen) atoms. The van der Waals surface area contributed by atoms with E-state index in [1.165, 1.54) is 77.0 Å². The Morgan fingerprint density at radius 3 is 0.939 bits per heavy atom. The zero-order chi connectivity index (χ0) is 24.7. The molecule has 0 rings (SSSR count). The lowest BCUT2D eigenvalue weighted by atomic mass is 9.72. The van der Waals surface area contributed by atoms with Crippen LogP contribution in [0, 0.1) is 0 Å². The lowest BCUT2D eigenvalue weighted by molar-refractivity contribution is 0.211. The van der Waals surface area contributed by atoms with Crippen molar-refractivity contribution in [1.82, 2.24) is 0 Å². The van der Waals surface area contributed by atoms with Crippen molar-refractivity contribution < 1.29 is 9.59 Å². The molecule has 0 heterocycles. The molecule has 0 aliphatic heterocycles. The summed E-state index contributed by atoms with van der Waals surface area (Å²) < 4.78 is 0. The Morgan fingerprint density at radius 2 is 0.727 bits per heavy atom. The lowest BCUT2D eigenvalue weighted by Gasteiger charge is -2.38. The Morgan fingerprint density at radius 1 is 0.455 bits per heavy atom. The molecule has 0 N–H and O–H groups in total. The molecule has 4 nitrogen and oxygen atoms in total. The summed E-state index contributed by atoms with van der Waals surface area (Å²) in [4.78, 5) is 32.3. The van der Waals surface area contributed by atoms with Gasteiger partial charge in [0.25, 0.3) is 0 Å². The van der Waals surface area contributed by atoms with Crippen LogP contribution in [0.5, 0.6) is 0 Å². The van der Waals surface area contributed by atoms with Crippen LogP contribution in [-0.2, 0) is 9.59 Å². The first kappa shape index (κ1) is 31.8. The molecule has 0 bridgehead atoms. The zero-order valence-corrected chi connectivity index (χ0v) is 22.6. The van der Waals surface area contributed by atoms with Gasteiger partial charge in [-0.05, 0) is 32.1 Å². The van der Waals surface area contributed by atoms with Crippen LogP contribution in [0.3, 0.4) is 0 Å². The Kier molecular flexibility index (Phi) is 20.5. The van der Waals surface area contributed by atoms with Crippen molar-refractivity contribution in [1.29, 1.82) is 0 Å².